The number of rotatable bonds is 3. The highest BCUT2D eigenvalue weighted by Gasteiger charge is 2.17. The molecule has 2 rings (SSSR count). The van der Waals surface area contributed by atoms with Gasteiger partial charge in [-0.25, -0.2) is 9.97 Å². The highest BCUT2D eigenvalue weighted by Crippen LogP contribution is 2.32. The largest absolute Gasteiger partial charge is 0.496 e. The van der Waals surface area contributed by atoms with Crippen LogP contribution in [0.15, 0.2) is 24.4 Å². The maximum atomic E-state index is 6.31. The van der Waals surface area contributed by atoms with Crippen LogP contribution in [0.4, 0.5) is 0 Å². The zero-order valence-electron chi connectivity index (χ0n) is 11.8. The predicted octanol–water partition coefficient (Wildman–Crippen LogP) is 2.46. The van der Waals surface area contributed by atoms with Gasteiger partial charge in [0.25, 0.3) is 0 Å². The van der Waals surface area contributed by atoms with Gasteiger partial charge in [-0.05, 0) is 38.0 Å². The fourth-order valence-corrected chi connectivity index (χ4v) is 2.13. The summed E-state index contributed by atoms with van der Waals surface area (Å²) in [6.07, 6.45) is 1.73. The van der Waals surface area contributed by atoms with E-state index >= 15 is 0 Å². The van der Waals surface area contributed by atoms with Crippen molar-refractivity contribution in [2.45, 2.75) is 26.8 Å². The van der Waals surface area contributed by atoms with Crippen LogP contribution in [0.25, 0.3) is 0 Å². The molecule has 0 fully saturated rings. The summed E-state index contributed by atoms with van der Waals surface area (Å²) in [6, 6.07) is 5.59. The van der Waals surface area contributed by atoms with Gasteiger partial charge in [-0.1, -0.05) is 12.1 Å². The van der Waals surface area contributed by atoms with E-state index in [9.17, 15) is 0 Å². The quantitative estimate of drug-likeness (QED) is 0.917. The molecule has 0 aliphatic heterocycles. The summed E-state index contributed by atoms with van der Waals surface area (Å²) < 4.78 is 5.51. The van der Waals surface area contributed by atoms with Crippen molar-refractivity contribution in [1.82, 2.24) is 9.97 Å². The fraction of sp³-hybridized carbons (Fsp3) is 0.333. The van der Waals surface area contributed by atoms with Crippen molar-refractivity contribution in [1.29, 1.82) is 0 Å². The van der Waals surface area contributed by atoms with Gasteiger partial charge in [0.1, 0.15) is 11.6 Å². The molecule has 1 aromatic carbocycles. The molecule has 19 heavy (non-hydrogen) atoms. The normalized spacial score (nSPS) is 12.3. The van der Waals surface area contributed by atoms with Crippen LogP contribution < -0.4 is 10.5 Å². The lowest BCUT2D eigenvalue weighted by molar-refractivity contribution is 0.404. The number of nitrogens with two attached hydrogens (primary N) is 1. The van der Waals surface area contributed by atoms with Crippen molar-refractivity contribution in [3.8, 4) is 5.75 Å². The van der Waals surface area contributed by atoms with Crippen LogP contribution in [0.1, 0.15) is 34.3 Å². The Bertz CT molecular complexity index is 596. The van der Waals surface area contributed by atoms with Crippen LogP contribution in [0.5, 0.6) is 5.75 Å². The van der Waals surface area contributed by atoms with Gasteiger partial charge in [-0.2, -0.15) is 0 Å². The van der Waals surface area contributed by atoms with Crippen molar-refractivity contribution < 1.29 is 4.74 Å². The molecule has 0 aliphatic rings. The van der Waals surface area contributed by atoms with Crippen LogP contribution in [-0.4, -0.2) is 17.1 Å². The molecule has 4 heteroatoms. The molecule has 0 aliphatic carbocycles. The topological polar surface area (TPSA) is 61.0 Å². The standard InChI is InChI=1S/C15H19N3O/c1-9-5-6-12(15(19-4)10(9)2)14(16)13-7-8-17-11(3)18-13/h5-8,14H,16H2,1-4H3. The Hall–Kier alpha value is -1.94. The Morgan fingerprint density at radius 2 is 1.89 bits per heavy atom. The Kier molecular flexibility index (Phi) is 3.81. The second kappa shape index (κ2) is 5.36. The molecule has 1 aromatic heterocycles. The maximum Gasteiger partial charge on any atom is 0.127 e. The summed E-state index contributed by atoms with van der Waals surface area (Å²) in [7, 11) is 1.67. The Morgan fingerprint density at radius 3 is 2.53 bits per heavy atom. The molecule has 100 valence electrons. The zero-order valence-corrected chi connectivity index (χ0v) is 11.8. The minimum Gasteiger partial charge on any atom is -0.496 e. The third-order valence-corrected chi connectivity index (χ3v) is 3.36. The van der Waals surface area contributed by atoms with E-state index in [4.69, 9.17) is 10.5 Å². The molecule has 0 radical (unpaired) electrons. The van der Waals surface area contributed by atoms with Crippen LogP contribution >= 0.6 is 0 Å². The first-order chi connectivity index (χ1) is 9.04. The van der Waals surface area contributed by atoms with Crippen molar-refractivity contribution in [2.24, 2.45) is 5.73 Å². The van der Waals surface area contributed by atoms with E-state index in [-0.39, 0.29) is 6.04 Å². The molecular formula is C15H19N3O. The Morgan fingerprint density at radius 1 is 1.16 bits per heavy atom. The third-order valence-electron chi connectivity index (χ3n) is 3.36. The SMILES string of the molecule is COc1c(C(N)c2ccnc(C)n2)ccc(C)c1C. The molecule has 1 heterocycles. The first-order valence-electron chi connectivity index (χ1n) is 6.23. The van der Waals surface area contributed by atoms with Crippen LogP contribution in [-0.2, 0) is 0 Å². The summed E-state index contributed by atoms with van der Waals surface area (Å²) in [6.45, 7) is 5.95. The van der Waals surface area contributed by atoms with Crippen LogP contribution in [0.3, 0.4) is 0 Å². The predicted molar refractivity (Wildman–Crippen MR) is 75.3 cm³/mol. The minimum absolute atomic E-state index is 0.309. The van der Waals surface area contributed by atoms with Crippen LogP contribution in [0, 0.1) is 20.8 Å². The van der Waals surface area contributed by atoms with E-state index in [1.807, 2.05) is 26.0 Å². The number of aryl methyl sites for hydroxylation is 2. The van der Waals surface area contributed by atoms with Gasteiger partial charge >= 0.3 is 0 Å². The van der Waals surface area contributed by atoms with Crippen molar-refractivity contribution in [3.05, 3.63) is 52.6 Å². The van der Waals surface area contributed by atoms with Crippen LogP contribution in [0.2, 0.25) is 0 Å². The minimum atomic E-state index is -0.309. The number of nitrogens with zero attached hydrogens (tertiary/aromatic N) is 2. The van der Waals surface area contributed by atoms with Crippen molar-refractivity contribution in [2.75, 3.05) is 7.11 Å². The van der Waals surface area contributed by atoms with Gasteiger partial charge in [-0.3, -0.25) is 0 Å². The Labute approximate surface area is 113 Å². The molecule has 0 bridgehead atoms. The molecule has 4 nitrogen and oxygen atoms in total. The highest BCUT2D eigenvalue weighted by atomic mass is 16.5. The summed E-state index contributed by atoms with van der Waals surface area (Å²) in [5.74, 6) is 1.56. The average molecular weight is 257 g/mol. The van der Waals surface area contributed by atoms with Gasteiger partial charge in [-0.15, -0.1) is 0 Å². The van der Waals surface area contributed by atoms with E-state index < -0.39 is 0 Å². The van der Waals surface area contributed by atoms with Gasteiger partial charge < -0.3 is 10.5 Å². The van der Waals surface area contributed by atoms with Gasteiger partial charge in [0.2, 0.25) is 0 Å². The lowest BCUT2D eigenvalue weighted by atomic mass is 9.97. The maximum absolute atomic E-state index is 6.31. The number of ether oxygens (including phenoxy) is 1. The molecule has 0 saturated carbocycles. The fourth-order valence-electron chi connectivity index (χ4n) is 2.13. The van der Waals surface area contributed by atoms with E-state index in [1.54, 1.807) is 13.3 Å². The van der Waals surface area contributed by atoms with Crippen molar-refractivity contribution >= 4 is 0 Å². The molecule has 0 spiro atoms. The summed E-state index contributed by atoms with van der Waals surface area (Å²) in [5.41, 5.74) is 10.4. The summed E-state index contributed by atoms with van der Waals surface area (Å²) in [4.78, 5) is 8.48. The number of benzene rings is 1. The molecule has 0 saturated heterocycles. The van der Waals surface area contributed by atoms with E-state index in [1.165, 1.54) is 5.56 Å². The van der Waals surface area contributed by atoms with E-state index in [0.29, 0.717) is 0 Å². The zero-order chi connectivity index (χ0) is 14.0. The van der Waals surface area contributed by atoms with Gasteiger partial charge in [0.15, 0.2) is 0 Å². The second-order valence-corrected chi connectivity index (χ2v) is 4.64. The second-order valence-electron chi connectivity index (χ2n) is 4.64. The third kappa shape index (κ3) is 2.58. The molecule has 1 atom stereocenters. The lowest BCUT2D eigenvalue weighted by Crippen LogP contribution is -2.16. The first-order valence-corrected chi connectivity index (χ1v) is 6.23. The Balaban J connectivity index is 2.50. The molecule has 2 aromatic rings. The molecule has 2 N–H and O–H groups in total. The van der Waals surface area contributed by atoms with E-state index in [2.05, 4.69) is 23.0 Å². The summed E-state index contributed by atoms with van der Waals surface area (Å²) >= 11 is 0. The number of aromatic nitrogens is 2. The summed E-state index contributed by atoms with van der Waals surface area (Å²) in [5, 5.41) is 0. The number of hydrogen-bond donors (Lipinski definition) is 1. The van der Waals surface area contributed by atoms with Crippen molar-refractivity contribution in [3.63, 3.8) is 0 Å². The molecule has 0 amide bonds. The van der Waals surface area contributed by atoms with E-state index in [0.717, 1.165) is 28.4 Å². The molecule has 1 unspecified atom stereocenters. The number of methoxy groups -OCH3 is 1. The smallest absolute Gasteiger partial charge is 0.127 e. The lowest BCUT2D eigenvalue weighted by Gasteiger charge is -2.18. The molecular weight excluding hydrogens is 238 g/mol. The van der Waals surface area contributed by atoms with Gasteiger partial charge in [0.05, 0.1) is 18.8 Å². The first kappa shape index (κ1) is 13.5. The van der Waals surface area contributed by atoms with Gasteiger partial charge in [0, 0.05) is 11.8 Å². The monoisotopic (exact) mass is 257 g/mol. The number of hydrogen-bond acceptors (Lipinski definition) is 4. The highest BCUT2D eigenvalue weighted by molar-refractivity contribution is 5.48. The average Bonchev–Trinajstić information content (AvgIpc) is 2.41.